The zero-order valence-electron chi connectivity index (χ0n) is 23.5. The van der Waals surface area contributed by atoms with E-state index in [-0.39, 0.29) is 17.9 Å². The standard InChI is InChI=1S/C31H41N5O2S/c1-4-5-7-16-30(38)35-19-18-34(23-25(35)3)29(37)17-11-20-39-31-33-32-28(22-26-13-8-6-9-14-26)36(31)27-15-10-12-24(2)21-27/h6,8-10,12-15,21,25H,4-5,7,11,16-20,22-23H2,1-3H3. The molecule has 4 rings (SSSR count). The van der Waals surface area contributed by atoms with Crippen molar-refractivity contribution in [3.63, 3.8) is 0 Å². The van der Waals surface area contributed by atoms with Crippen LogP contribution in [-0.4, -0.2) is 67.8 Å². The summed E-state index contributed by atoms with van der Waals surface area (Å²) in [5.41, 5.74) is 3.43. The molecule has 2 amide bonds. The molecule has 1 atom stereocenters. The van der Waals surface area contributed by atoms with E-state index in [1.54, 1.807) is 11.8 Å². The van der Waals surface area contributed by atoms with Crippen LogP contribution in [0, 0.1) is 6.92 Å². The van der Waals surface area contributed by atoms with E-state index in [1.807, 2.05) is 28.0 Å². The second-order valence-corrected chi connectivity index (χ2v) is 11.5. The van der Waals surface area contributed by atoms with E-state index in [9.17, 15) is 9.59 Å². The lowest BCUT2D eigenvalue weighted by molar-refractivity contribution is -0.142. The van der Waals surface area contributed by atoms with Gasteiger partial charge in [-0.25, -0.2) is 0 Å². The monoisotopic (exact) mass is 547 g/mol. The Hall–Kier alpha value is -3.13. The zero-order valence-corrected chi connectivity index (χ0v) is 24.3. The van der Waals surface area contributed by atoms with Gasteiger partial charge in [0.25, 0.3) is 0 Å². The minimum atomic E-state index is 0.0714. The first-order valence-electron chi connectivity index (χ1n) is 14.2. The third-order valence-electron chi connectivity index (χ3n) is 7.23. The van der Waals surface area contributed by atoms with E-state index in [4.69, 9.17) is 0 Å². The highest BCUT2D eigenvalue weighted by Crippen LogP contribution is 2.25. The quantitative estimate of drug-likeness (QED) is 0.216. The van der Waals surface area contributed by atoms with Gasteiger partial charge in [0.05, 0.1) is 0 Å². The average Bonchev–Trinajstić information content (AvgIpc) is 3.33. The Balaban J connectivity index is 1.31. The molecule has 1 aliphatic heterocycles. The number of amides is 2. The molecule has 1 aliphatic rings. The first-order chi connectivity index (χ1) is 19.0. The summed E-state index contributed by atoms with van der Waals surface area (Å²) in [5.74, 6) is 2.09. The number of hydrogen-bond acceptors (Lipinski definition) is 5. The van der Waals surface area contributed by atoms with Crippen LogP contribution in [0.4, 0.5) is 0 Å². The number of carbonyl (C=O) groups excluding carboxylic acids is 2. The van der Waals surface area contributed by atoms with E-state index in [1.165, 1.54) is 11.1 Å². The fourth-order valence-electron chi connectivity index (χ4n) is 5.08. The zero-order chi connectivity index (χ0) is 27.6. The normalized spacial score (nSPS) is 15.5. The number of aryl methyl sites for hydroxylation is 1. The molecule has 2 heterocycles. The molecule has 0 saturated carbocycles. The van der Waals surface area contributed by atoms with Crippen LogP contribution in [0.3, 0.4) is 0 Å². The van der Waals surface area contributed by atoms with E-state index in [0.717, 1.165) is 48.1 Å². The Morgan fingerprint density at radius 2 is 1.74 bits per heavy atom. The van der Waals surface area contributed by atoms with Crippen LogP contribution < -0.4 is 0 Å². The van der Waals surface area contributed by atoms with Crippen LogP contribution in [0.5, 0.6) is 0 Å². The van der Waals surface area contributed by atoms with Crippen LogP contribution in [0.15, 0.2) is 59.8 Å². The number of rotatable bonds is 12. The van der Waals surface area contributed by atoms with Gasteiger partial charge in [0.2, 0.25) is 11.8 Å². The summed E-state index contributed by atoms with van der Waals surface area (Å²) >= 11 is 1.65. The summed E-state index contributed by atoms with van der Waals surface area (Å²) in [4.78, 5) is 29.4. The van der Waals surface area contributed by atoms with Gasteiger partial charge in [-0.2, -0.15) is 0 Å². The van der Waals surface area contributed by atoms with Crippen molar-refractivity contribution >= 4 is 23.6 Å². The summed E-state index contributed by atoms with van der Waals surface area (Å²) < 4.78 is 2.14. The van der Waals surface area contributed by atoms with Crippen molar-refractivity contribution < 1.29 is 9.59 Å². The highest BCUT2D eigenvalue weighted by atomic mass is 32.2. The number of piperazine rings is 1. The first-order valence-corrected chi connectivity index (χ1v) is 15.2. The number of thioether (sulfide) groups is 1. The smallest absolute Gasteiger partial charge is 0.222 e. The number of unbranched alkanes of at least 4 members (excludes halogenated alkanes) is 2. The van der Waals surface area contributed by atoms with Crippen LogP contribution in [0.2, 0.25) is 0 Å². The minimum Gasteiger partial charge on any atom is -0.339 e. The van der Waals surface area contributed by atoms with Crippen molar-refractivity contribution in [2.45, 2.75) is 76.9 Å². The van der Waals surface area contributed by atoms with Crippen LogP contribution >= 0.6 is 11.8 Å². The molecule has 8 heteroatoms. The summed E-state index contributed by atoms with van der Waals surface area (Å²) in [6, 6.07) is 18.8. The molecule has 1 aromatic heterocycles. The van der Waals surface area contributed by atoms with Crippen molar-refractivity contribution in [1.29, 1.82) is 0 Å². The molecule has 2 aromatic carbocycles. The third kappa shape index (κ3) is 7.94. The summed E-state index contributed by atoms with van der Waals surface area (Å²) in [6.45, 7) is 8.17. The summed E-state index contributed by atoms with van der Waals surface area (Å²) in [6.07, 6.45) is 5.73. The largest absolute Gasteiger partial charge is 0.339 e. The maximum Gasteiger partial charge on any atom is 0.222 e. The second-order valence-electron chi connectivity index (χ2n) is 10.4. The fourth-order valence-corrected chi connectivity index (χ4v) is 5.99. The molecule has 7 nitrogen and oxygen atoms in total. The van der Waals surface area contributed by atoms with E-state index < -0.39 is 0 Å². The van der Waals surface area contributed by atoms with Gasteiger partial charge in [0, 0.05) is 56.4 Å². The molecule has 0 spiro atoms. The van der Waals surface area contributed by atoms with Crippen LogP contribution in [-0.2, 0) is 16.0 Å². The van der Waals surface area contributed by atoms with Gasteiger partial charge in [0.15, 0.2) is 5.16 Å². The predicted octanol–water partition coefficient (Wildman–Crippen LogP) is 5.68. The molecule has 0 bridgehead atoms. The number of aromatic nitrogens is 3. The Bertz CT molecular complexity index is 1230. The minimum absolute atomic E-state index is 0.0714. The van der Waals surface area contributed by atoms with Gasteiger partial charge >= 0.3 is 0 Å². The Labute approximate surface area is 237 Å². The van der Waals surface area contributed by atoms with Crippen molar-refractivity contribution in [3.05, 3.63) is 71.5 Å². The Morgan fingerprint density at radius 3 is 2.49 bits per heavy atom. The number of benzene rings is 2. The molecular formula is C31H41N5O2S. The SMILES string of the molecule is CCCCCC(=O)N1CCN(C(=O)CCCSc2nnc(Cc3ccccc3)n2-c2cccc(C)c2)CC1C. The Kier molecular flexibility index (Phi) is 10.6. The van der Waals surface area contributed by atoms with E-state index >= 15 is 0 Å². The van der Waals surface area contributed by atoms with Crippen LogP contribution in [0.25, 0.3) is 5.69 Å². The number of nitrogens with zero attached hydrogens (tertiary/aromatic N) is 5. The molecule has 0 aliphatic carbocycles. The molecule has 208 valence electrons. The van der Waals surface area contributed by atoms with E-state index in [0.29, 0.717) is 38.9 Å². The highest BCUT2D eigenvalue weighted by molar-refractivity contribution is 7.99. The van der Waals surface area contributed by atoms with Crippen LogP contribution in [0.1, 0.15) is 69.3 Å². The lowest BCUT2D eigenvalue weighted by Gasteiger charge is -2.40. The molecular weight excluding hydrogens is 506 g/mol. The lowest BCUT2D eigenvalue weighted by atomic mass is 10.1. The molecule has 3 aromatic rings. The predicted molar refractivity (Wildman–Crippen MR) is 157 cm³/mol. The fraction of sp³-hybridized carbons (Fsp3) is 0.484. The van der Waals surface area contributed by atoms with E-state index in [2.05, 4.69) is 71.9 Å². The van der Waals surface area contributed by atoms with Crippen molar-refractivity contribution in [2.75, 3.05) is 25.4 Å². The third-order valence-corrected chi connectivity index (χ3v) is 8.24. The van der Waals surface area contributed by atoms with Gasteiger partial charge in [-0.15, -0.1) is 10.2 Å². The summed E-state index contributed by atoms with van der Waals surface area (Å²) in [5, 5.41) is 9.92. The lowest BCUT2D eigenvalue weighted by Crippen LogP contribution is -2.55. The maximum atomic E-state index is 13.0. The number of hydrogen-bond donors (Lipinski definition) is 0. The van der Waals surface area contributed by atoms with Crippen molar-refractivity contribution in [3.8, 4) is 5.69 Å². The Morgan fingerprint density at radius 1 is 0.949 bits per heavy atom. The summed E-state index contributed by atoms with van der Waals surface area (Å²) in [7, 11) is 0. The molecule has 39 heavy (non-hydrogen) atoms. The highest BCUT2D eigenvalue weighted by Gasteiger charge is 2.29. The average molecular weight is 548 g/mol. The van der Waals surface area contributed by atoms with Crippen molar-refractivity contribution in [1.82, 2.24) is 24.6 Å². The topological polar surface area (TPSA) is 71.3 Å². The van der Waals surface area contributed by atoms with Gasteiger partial charge in [0.1, 0.15) is 5.82 Å². The molecule has 1 saturated heterocycles. The van der Waals surface area contributed by atoms with Gasteiger partial charge in [-0.3, -0.25) is 14.2 Å². The van der Waals surface area contributed by atoms with Gasteiger partial charge in [-0.05, 0) is 49.9 Å². The first kappa shape index (κ1) is 28.9. The van der Waals surface area contributed by atoms with Gasteiger partial charge in [-0.1, -0.05) is 74.0 Å². The second kappa shape index (κ2) is 14.3. The number of carbonyl (C=O) groups is 2. The molecule has 1 fully saturated rings. The van der Waals surface area contributed by atoms with Gasteiger partial charge < -0.3 is 9.80 Å². The maximum absolute atomic E-state index is 13.0. The molecule has 0 radical (unpaired) electrons. The molecule has 0 N–H and O–H groups in total. The molecule has 1 unspecified atom stereocenters. The van der Waals surface area contributed by atoms with Crippen molar-refractivity contribution in [2.24, 2.45) is 0 Å².